The van der Waals surface area contributed by atoms with Crippen LogP contribution in [-0.4, -0.2) is 0 Å². The maximum absolute atomic E-state index is 14.0. The van der Waals surface area contributed by atoms with Crippen molar-refractivity contribution in [2.75, 3.05) is 0 Å². The first-order valence-electron chi connectivity index (χ1n) is 5.15. The number of nitrogens with two attached hydrogens (primary N) is 1. The minimum absolute atomic E-state index is 0.347. The minimum atomic E-state index is -0.705. The van der Waals surface area contributed by atoms with Crippen molar-refractivity contribution < 1.29 is 4.39 Å². The predicted molar refractivity (Wildman–Crippen MR) is 76.6 cm³/mol. The first kappa shape index (κ1) is 13.8. The van der Waals surface area contributed by atoms with Crippen LogP contribution in [0, 0.1) is 5.82 Å². The molecule has 0 spiro atoms. The molecule has 0 aliphatic carbocycles. The molecule has 0 aliphatic heterocycles. The summed E-state index contributed by atoms with van der Waals surface area (Å²) >= 11 is 15.3. The van der Waals surface area contributed by atoms with Crippen LogP contribution in [0.1, 0.15) is 17.2 Å². The molecule has 5 heteroatoms. The summed E-state index contributed by atoms with van der Waals surface area (Å²) in [5.41, 5.74) is 6.93. The molecule has 0 fully saturated rings. The van der Waals surface area contributed by atoms with Crippen LogP contribution in [-0.2, 0) is 0 Å². The van der Waals surface area contributed by atoms with Gasteiger partial charge in [0.25, 0.3) is 0 Å². The maximum Gasteiger partial charge on any atom is 0.142 e. The van der Waals surface area contributed by atoms with E-state index in [4.69, 9.17) is 28.9 Å². The Morgan fingerprint density at radius 1 is 1.06 bits per heavy atom. The van der Waals surface area contributed by atoms with Crippen molar-refractivity contribution in [3.63, 3.8) is 0 Å². The van der Waals surface area contributed by atoms with Gasteiger partial charge in [-0.05, 0) is 34.1 Å². The molecule has 1 nitrogen and oxygen atoms in total. The van der Waals surface area contributed by atoms with Gasteiger partial charge in [-0.2, -0.15) is 0 Å². The molecule has 2 aromatic rings. The lowest BCUT2D eigenvalue weighted by Crippen LogP contribution is -2.15. The van der Waals surface area contributed by atoms with E-state index in [2.05, 4.69) is 15.9 Å². The van der Waals surface area contributed by atoms with E-state index in [-0.39, 0.29) is 0 Å². The second-order valence-corrected chi connectivity index (χ2v) is 5.42. The van der Waals surface area contributed by atoms with Gasteiger partial charge >= 0.3 is 0 Å². The predicted octanol–water partition coefficient (Wildman–Crippen LogP) is 4.94. The molecule has 94 valence electrons. The Kier molecular flexibility index (Phi) is 4.28. The summed E-state index contributed by atoms with van der Waals surface area (Å²) in [6.45, 7) is 0. The van der Waals surface area contributed by atoms with Crippen molar-refractivity contribution in [1.82, 2.24) is 0 Å². The third kappa shape index (κ3) is 2.54. The van der Waals surface area contributed by atoms with Crippen LogP contribution < -0.4 is 5.73 Å². The maximum atomic E-state index is 14.0. The van der Waals surface area contributed by atoms with Crippen molar-refractivity contribution in [3.8, 4) is 0 Å². The smallest absolute Gasteiger partial charge is 0.142 e. The Bertz CT molecular complexity index is 569. The van der Waals surface area contributed by atoms with Gasteiger partial charge < -0.3 is 5.73 Å². The van der Waals surface area contributed by atoms with Crippen molar-refractivity contribution in [2.24, 2.45) is 5.73 Å². The van der Waals surface area contributed by atoms with Gasteiger partial charge in [0.05, 0.1) is 10.5 Å². The first-order chi connectivity index (χ1) is 8.52. The van der Waals surface area contributed by atoms with Crippen LogP contribution in [0.15, 0.2) is 40.9 Å². The standard InChI is InChI=1S/C13H9BrCl2FN/c14-8-4-1-3-7(12(8)17)13(18)11-9(15)5-2-6-10(11)16/h1-6,13H,18H2. The van der Waals surface area contributed by atoms with Crippen molar-refractivity contribution >= 4 is 39.1 Å². The Morgan fingerprint density at radius 2 is 1.61 bits per heavy atom. The lowest BCUT2D eigenvalue weighted by Gasteiger charge is -2.17. The molecule has 2 aromatic carbocycles. The molecule has 1 unspecified atom stereocenters. The molecular weight excluding hydrogens is 340 g/mol. The summed E-state index contributed by atoms with van der Waals surface area (Å²) in [6, 6.07) is 9.32. The molecule has 0 heterocycles. The molecule has 0 aromatic heterocycles. The van der Waals surface area contributed by atoms with Crippen molar-refractivity contribution in [2.45, 2.75) is 6.04 Å². The number of benzene rings is 2. The summed E-state index contributed by atoms with van der Waals surface area (Å²) in [6.07, 6.45) is 0. The lowest BCUT2D eigenvalue weighted by molar-refractivity contribution is 0.593. The van der Waals surface area contributed by atoms with E-state index in [1.54, 1.807) is 36.4 Å². The van der Waals surface area contributed by atoms with Crippen LogP contribution in [0.3, 0.4) is 0 Å². The molecule has 0 saturated carbocycles. The van der Waals surface area contributed by atoms with Crippen LogP contribution in [0.4, 0.5) is 4.39 Å². The fraction of sp³-hybridized carbons (Fsp3) is 0.0769. The van der Waals surface area contributed by atoms with Gasteiger partial charge in [-0.15, -0.1) is 0 Å². The average Bonchev–Trinajstić information content (AvgIpc) is 2.32. The van der Waals surface area contributed by atoms with Crippen LogP contribution in [0.25, 0.3) is 0 Å². The van der Waals surface area contributed by atoms with E-state index in [9.17, 15) is 4.39 Å². The molecule has 1 atom stereocenters. The zero-order chi connectivity index (χ0) is 13.3. The van der Waals surface area contributed by atoms with E-state index in [1.807, 2.05) is 0 Å². The summed E-state index contributed by atoms with van der Waals surface area (Å²) < 4.78 is 14.3. The van der Waals surface area contributed by atoms with Crippen molar-refractivity contribution in [1.29, 1.82) is 0 Å². The second kappa shape index (κ2) is 5.57. The van der Waals surface area contributed by atoms with E-state index in [1.165, 1.54) is 0 Å². The molecular formula is C13H9BrCl2FN. The van der Waals surface area contributed by atoms with Gasteiger partial charge in [-0.3, -0.25) is 0 Å². The topological polar surface area (TPSA) is 26.0 Å². The second-order valence-electron chi connectivity index (χ2n) is 3.76. The minimum Gasteiger partial charge on any atom is -0.320 e. The molecule has 2 rings (SSSR count). The van der Waals surface area contributed by atoms with E-state index < -0.39 is 11.9 Å². The fourth-order valence-electron chi connectivity index (χ4n) is 1.72. The Labute approximate surface area is 123 Å². The highest BCUT2D eigenvalue weighted by atomic mass is 79.9. The zero-order valence-corrected chi connectivity index (χ0v) is 12.2. The summed E-state index contributed by atoms with van der Waals surface area (Å²) in [5.74, 6) is -0.402. The average molecular weight is 349 g/mol. The van der Waals surface area contributed by atoms with E-state index >= 15 is 0 Å². The van der Waals surface area contributed by atoms with Gasteiger partial charge in [0.2, 0.25) is 0 Å². The third-order valence-electron chi connectivity index (χ3n) is 2.63. The molecule has 0 bridgehead atoms. The number of hydrogen-bond donors (Lipinski definition) is 1. The van der Waals surface area contributed by atoms with Gasteiger partial charge in [0.15, 0.2) is 0 Å². The molecule has 0 aliphatic rings. The molecule has 0 radical (unpaired) electrons. The summed E-state index contributed by atoms with van der Waals surface area (Å²) in [5, 5.41) is 0.851. The highest BCUT2D eigenvalue weighted by molar-refractivity contribution is 9.10. The van der Waals surface area contributed by atoms with Crippen LogP contribution in [0.5, 0.6) is 0 Å². The van der Waals surface area contributed by atoms with Gasteiger partial charge in [0, 0.05) is 21.2 Å². The highest BCUT2D eigenvalue weighted by Gasteiger charge is 2.20. The molecule has 0 amide bonds. The fourth-order valence-corrected chi connectivity index (χ4v) is 2.74. The van der Waals surface area contributed by atoms with Crippen LogP contribution in [0.2, 0.25) is 10.0 Å². The number of rotatable bonds is 2. The normalized spacial score (nSPS) is 12.5. The third-order valence-corrected chi connectivity index (χ3v) is 3.90. The molecule has 18 heavy (non-hydrogen) atoms. The van der Waals surface area contributed by atoms with Crippen LogP contribution >= 0.6 is 39.1 Å². The Hall–Kier alpha value is -0.610. The SMILES string of the molecule is NC(c1cccc(Br)c1F)c1c(Cl)cccc1Cl. The van der Waals surface area contributed by atoms with Gasteiger partial charge in [-0.25, -0.2) is 4.39 Å². The first-order valence-corrected chi connectivity index (χ1v) is 6.70. The number of hydrogen-bond acceptors (Lipinski definition) is 1. The quantitative estimate of drug-likeness (QED) is 0.816. The van der Waals surface area contributed by atoms with Crippen molar-refractivity contribution in [3.05, 3.63) is 67.9 Å². The molecule has 2 N–H and O–H groups in total. The summed E-state index contributed by atoms with van der Waals surface area (Å²) in [4.78, 5) is 0. The monoisotopic (exact) mass is 347 g/mol. The Morgan fingerprint density at radius 3 is 2.22 bits per heavy atom. The number of halogens is 4. The van der Waals surface area contributed by atoms with Gasteiger partial charge in [0.1, 0.15) is 5.82 Å². The van der Waals surface area contributed by atoms with E-state index in [0.717, 1.165) is 0 Å². The Balaban J connectivity index is 2.55. The van der Waals surface area contributed by atoms with Gasteiger partial charge in [-0.1, -0.05) is 41.4 Å². The lowest BCUT2D eigenvalue weighted by atomic mass is 9.99. The zero-order valence-electron chi connectivity index (χ0n) is 9.13. The molecule has 0 saturated heterocycles. The highest BCUT2D eigenvalue weighted by Crippen LogP contribution is 2.34. The summed E-state index contributed by atoms with van der Waals surface area (Å²) in [7, 11) is 0. The van der Waals surface area contributed by atoms with E-state index in [0.29, 0.717) is 25.6 Å². The largest absolute Gasteiger partial charge is 0.320 e.